The molecule has 31 heavy (non-hydrogen) atoms. The summed E-state index contributed by atoms with van der Waals surface area (Å²) in [5.74, 6) is 1.25. The van der Waals surface area contributed by atoms with Crippen LogP contribution in [0, 0.1) is 12.8 Å². The van der Waals surface area contributed by atoms with Gasteiger partial charge in [0.05, 0.1) is 15.7 Å². The second kappa shape index (κ2) is 10.7. The number of rotatable bonds is 5. The monoisotopic (exact) mass is 442 g/mol. The number of nitrogens with zero attached hydrogens (tertiary/aromatic N) is 3. The fourth-order valence-electron chi connectivity index (χ4n) is 3.79. The van der Waals surface area contributed by atoms with Crippen LogP contribution in [0.2, 0.25) is 0 Å². The molecule has 1 aromatic carbocycles. The van der Waals surface area contributed by atoms with Crippen molar-refractivity contribution in [2.24, 2.45) is 5.92 Å². The highest BCUT2D eigenvalue weighted by molar-refractivity contribution is 7.16. The molecule has 2 aromatic heterocycles. The molecule has 1 saturated carbocycles. The number of nitrogen functional groups attached to an aromatic ring is 1. The van der Waals surface area contributed by atoms with Crippen molar-refractivity contribution in [1.82, 2.24) is 20.3 Å². The molecule has 2 heterocycles. The lowest BCUT2D eigenvalue weighted by Crippen LogP contribution is -2.35. The molecular weight excluding hydrogens is 416 g/mol. The van der Waals surface area contributed by atoms with Gasteiger partial charge in [-0.25, -0.2) is 9.97 Å². The molecule has 0 bridgehead atoms. The summed E-state index contributed by atoms with van der Waals surface area (Å²) in [6, 6.07) is 8.25. The molecule has 1 fully saturated rings. The summed E-state index contributed by atoms with van der Waals surface area (Å²) in [7, 11) is 0. The Kier molecular flexibility index (Phi) is 7.71. The van der Waals surface area contributed by atoms with Crippen LogP contribution in [-0.2, 0) is 16.1 Å². The average molecular weight is 443 g/mol. The van der Waals surface area contributed by atoms with Gasteiger partial charge in [0.2, 0.25) is 11.9 Å². The van der Waals surface area contributed by atoms with Crippen molar-refractivity contribution < 1.29 is 14.7 Å². The van der Waals surface area contributed by atoms with E-state index in [2.05, 4.69) is 31.7 Å². The van der Waals surface area contributed by atoms with Gasteiger partial charge in [0.25, 0.3) is 6.47 Å². The molecule has 1 aliphatic rings. The largest absolute Gasteiger partial charge is 0.483 e. The Morgan fingerprint density at radius 2 is 2.03 bits per heavy atom. The van der Waals surface area contributed by atoms with Crippen molar-refractivity contribution >= 4 is 45.7 Å². The van der Waals surface area contributed by atoms with E-state index in [4.69, 9.17) is 15.6 Å². The smallest absolute Gasteiger partial charge is 0.290 e. The van der Waals surface area contributed by atoms with Crippen LogP contribution >= 0.6 is 11.3 Å². The van der Waals surface area contributed by atoms with Gasteiger partial charge in [0, 0.05) is 30.3 Å². The van der Waals surface area contributed by atoms with Crippen LogP contribution in [0.1, 0.15) is 36.9 Å². The molecule has 1 aliphatic carbocycles. The topological polar surface area (TPSA) is 143 Å². The highest BCUT2D eigenvalue weighted by Crippen LogP contribution is 2.27. The Balaban J connectivity index is 0.000000858. The van der Waals surface area contributed by atoms with E-state index in [-0.39, 0.29) is 24.2 Å². The van der Waals surface area contributed by atoms with Crippen molar-refractivity contribution in [1.29, 1.82) is 0 Å². The third kappa shape index (κ3) is 6.11. The summed E-state index contributed by atoms with van der Waals surface area (Å²) in [5.41, 5.74) is 10.5. The van der Waals surface area contributed by atoms with E-state index in [1.165, 1.54) is 0 Å². The zero-order valence-electron chi connectivity index (χ0n) is 17.2. The number of anilines is 2. The predicted octanol–water partition coefficient (Wildman–Crippen LogP) is 2.96. The van der Waals surface area contributed by atoms with Gasteiger partial charge >= 0.3 is 0 Å². The van der Waals surface area contributed by atoms with Gasteiger partial charge in [-0.05, 0) is 44.2 Å². The van der Waals surface area contributed by atoms with E-state index in [0.29, 0.717) is 12.6 Å². The number of carbonyl (C=O) groups excluding carboxylic acids is 1. The number of hydrogen-bond donors (Lipinski definition) is 4. The predicted molar refractivity (Wildman–Crippen MR) is 121 cm³/mol. The number of aryl methyl sites for hydroxylation is 1. The van der Waals surface area contributed by atoms with Crippen molar-refractivity contribution in [2.45, 2.75) is 45.2 Å². The Hall–Kier alpha value is -3.27. The summed E-state index contributed by atoms with van der Waals surface area (Å²) in [6.45, 7) is 2.20. The Labute approximate surface area is 184 Å². The molecule has 1 amide bonds. The number of nitrogens with two attached hydrogens (primary N) is 1. The summed E-state index contributed by atoms with van der Waals surface area (Å²) in [5, 5.41) is 13.4. The highest BCUT2D eigenvalue weighted by atomic mass is 32.1. The lowest BCUT2D eigenvalue weighted by Gasteiger charge is -2.28. The molecule has 0 radical (unpaired) electrons. The standard InChI is InChI=1S/C20H24N6OS.CH2O2/c1-12-9-17(26-20(21)24-12)25-15-7-5-13(6-8-15)19(27)22-10-14-3-2-4-16-18(14)28-11-23-16;2-1-3/h2-4,9,11,13,15H,5-8,10H2,1H3,(H,22,27)(H3,21,24,25,26);1H,(H,2,3). The minimum atomic E-state index is -0.250. The number of benzene rings is 1. The van der Waals surface area contributed by atoms with E-state index in [0.717, 1.165) is 53.0 Å². The van der Waals surface area contributed by atoms with Gasteiger partial charge < -0.3 is 21.5 Å². The molecule has 4 rings (SSSR count). The minimum absolute atomic E-state index is 0.0657. The summed E-state index contributed by atoms with van der Waals surface area (Å²) >= 11 is 1.61. The van der Waals surface area contributed by atoms with E-state index in [9.17, 15) is 4.79 Å². The van der Waals surface area contributed by atoms with Gasteiger partial charge in [-0.3, -0.25) is 9.59 Å². The fourth-order valence-corrected chi connectivity index (χ4v) is 4.59. The first-order valence-corrected chi connectivity index (χ1v) is 10.9. The number of thiazole rings is 1. The molecule has 0 saturated heterocycles. The quantitative estimate of drug-likeness (QED) is 0.442. The van der Waals surface area contributed by atoms with E-state index < -0.39 is 0 Å². The lowest BCUT2D eigenvalue weighted by atomic mass is 9.85. The molecule has 164 valence electrons. The molecule has 3 aromatic rings. The number of amides is 1. The lowest BCUT2D eigenvalue weighted by molar-refractivity contribution is -0.126. The van der Waals surface area contributed by atoms with E-state index in [1.807, 2.05) is 30.6 Å². The Morgan fingerprint density at radius 1 is 1.29 bits per heavy atom. The Morgan fingerprint density at radius 3 is 2.74 bits per heavy atom. The van der Waals surface area contributed by atoms with Gasteiger partial charge in [-0.1, -0.05) is 12.1 Å². The van der Waals surface area contributed by atoms with Gasteiger partial charge in [0.15, 0.2) is 0 Å². The second-order valence-electron chi connectivity index (χ2n) is 7.39. The van der Waals surface area contributed by atoms with E-state index >= 15 is 0 Å². The molecular formula is C21H26N6O3S. The summed E-state index contributed by atoms with van der Waals surface area (Å²) in [4.78, 5) is 33.6. The third-order valence-corrected chi connectivity index (χ3v) is 6.13. The highest BCUT2D eigenvalue weighted by Gasteiger charge is 2.26. The maximum atomic E-state index is 12.6. The number of carboxylic acid groups (broad SMARTS) is 1. The minimum Gasteiger partial charge on any atom is -0.483 e. The first kappa shape index (κ1) is 22.4. The molecule has 0 spiro atoms. The number of aromatic nitrogens is 3. The maximum absolute atomic E-state index is 12.6. The molecule has 0 aliphatic heterocycles. The van der Waals surface area contributed by atoms with Crippen molar-refractivity contribution in [3.63, 3.8) is 0 Å². The van der Waals surface area contributed by atoms with Gasteiger partial charge in [-0.15, -0.1) is 11.3 Å². The van der Waals surface area contributed by atoms with Crippen molar-refractivity contribution in [2.75, 3.05) is 11.1 Å². The number of fused-ring (bicyclic) bond motifs is 1. The van der Waals surface area contributed by atoms with Gasteiger partial charge in [0.1, 0.15) is 5.82 Å². The SMILES string of the molecule is Cc1cc(NC2CCC(C(=O)NCc3cccc4ncsc34)CC2)nc(N)n1.O=CO. The van der Waals surface area contributed by atoms with Crippen LogP contribution in [0.15, 0.2) is 29.8 Å². The number of carbonyl (C=O) groups is 2. The molecule has 0 unspecified atom stereocenters. The van der Waals surface area contributed by atoms with Crippen LogP contribution in [0.4, 0.5) is 11.8 Å². The average Bonchev–Trinajstić information content (AvgIpc) is 3.22. The molecule has 10 heteroatoms. The first-order valence-electron chi connectivity index (χ1n) is 10.0. The summed E-state index contributed by atoms with van der Waals surface area (Å²) < 4.78 is 1.15. The zero-order valence-corrected chi connectivity index (χ0v) is 18.1. The first-order chi connectivity index (χ1) is 15.0. The number of hydrogen-bond acceptors (Lipinski definition) is 8. The van der Waals surface area contributed by atoms with Crippen LogP contribution in [-0.4, -0.2) is 38.5 Å². The number of nitrogens with one attached hydrogen (secondary N) is 2. The van der Waals surface area contributed by atoms with E-state index in [1.54, 1.807) is 11.3 Å². The van der Waals surface area contributed by atoms with Crippen LogP contribution in [0.25, 0.3) is 10.2 Å². The third-order valence-electron chi connectivity index (χ3n) is 5.21. The zero-order chi connectivity index (χ0) is 22.2. The van der Waals surface area contributed by atoms with Crippen molar-refractivity contribution in [3.05, 3.63) is 41.0 Å². The fraction of sp³-hybridized carbons (Fsp3) is 0.381. The molecule has 9 nitrogen and oxygen atoms in total. The van der Waals surface area contributed by atoms with Crippen LogP contribution in [0.5, 0.6) is 0 Å². The van der Waals surface area contributed by atoms with Crippen LogP contribution in [0.3, 0.4) is 0 Å². The molecule has 0 atom stereocenters. The van der Waals surface area contributed by atoms with Crippen molar-refractivity contribution in [3.8, 4) is 0 Å². The normalized spacial score (nSPS) is 18.0. The second-order valence-corrected chi connectivity index (χ2v) is 8.24. The summed E-state index contributed by atoms with van der Waals surface area (Å²) in [6.07, 6.45) is 3.61. The van der Waals surface area contributed by atoms with Gasteiger partial charge in [-0.2, -0.15) is 4.98 Å². The maximum Gasteiger partial charge on any atom is 0.290 e. The molecule has 5 N–H and O–H groups in total. The van der Waals surface area contributed by atoms with Crippen LogP contribution < -0.4 is 16.4 Å². The Bertz CT molecular complexity index is 1010.